The average molecular weight is 347 g/mol. The van der Waals surface area contributed by atoms with Crippen molar-refractivity contribution in [2.24, 2.45) is 0 Å². The topological polar surface area (TPSA) is 97.8 Å². The molecule has 1 fully saturated rings. The van der Waals surface area contributed by atoms with Crippen LogP contribution in [-0.2, 0) is 0 Å². The Morgan fingerprint density at radius 3 is 2.64 bits per heavy atom. The first kappa shape index (κ1) is 16.9. The fraction of sp³-hybridized carbons (Fsp3) is 0.438. The van der Waals surface area contributed by atoms with E-state index < -0.39 is 0 Å². The van der Waals surface area contributed by atoms with E-state index in [0.717, 1.165) is 5.39 Å². The molecule has 0 bridgehead atoms. The van der Waals surface area contributed by atoms with E-state index in [1.807, 2.05) is 6.07 Å². The monoisotopic (exact) mass is 347 g/mol. The molecular weight excluding hydrogens is 326 g/mol. The Kier molecular flexibility index (Phi) is 4.92. The van der Waals surface area contributed by atoms with Crippen LogP contribution in [0.25, 0.3) is 10.9 Å². The lowest BCUT2D eigenvalue weighted by Crippen LogP contribution is -2.32. The molecule has 3 rings (SSSR count). The molecule has 1 aliphatic rings. The largest absolute Gasteiger partial charge is 0.493 e. The van der Waals surface area contributed by atoms with Gasteiger partial charge in [-0.2, -0.15) is 0 Å². The van der Waals surface area contributed by atoms with Crippen LogP contribution in [0.5, 0.6) is 17.2 Å². The minimum Gasteiger partial charge on any atom is -0.493 e. The highest BCUT2D eigenvalue weighted by molar-refractivity contribution is 5.96. The van der Waals surface area contributed by atoms with E-state index in [-0.39, 0.29) is 6.03 Å². The number of fused-ring (bicyclic) bond motifs is 1. The van der Waals surface area contributed by atoms with Crippen molar-refractivity contribution in [3.8, 4) is 17.2 Å². The zero-order valence-electron chi connectivity index (χ0n) is 14.5. The van der Waals surface area contributed by atoms with Crippen molar-refractivity contribution < 1.29 is 19.0 Å². The smallest absolute Gasteiger partial charge is 0.317 e. The Balaban J connectivity index is 1.89. The normalized spacial score (nSPS) is 13.7. The Morgan fingerprint density at radius 1 is 1.20 bits per heavy atom. The number of methoxy groups -OCH3 is 3. The fourth-order valence-corrected chi connectivity index (χ4v) is 2.84. The van der Waals surface area contributed by atoms with E-state index in [4.69, 9.17) is 14.2 Å². The van der Waals surface area contributed by atoms with Crippen LogP contribution in [0.2, 0.25) is 0 Å². The van der Waals surface area contributed by atoms with E-state index in [9.17, 15) is 4.79 Å². The van der Waals surface area contributed by atoms with Crippen LogP contribution in [-0.4, -0.2) is 68.4 Å². The third-order valence-corrected chi connectivity index (χ3v) is 4.05. The van der Waals surface area contributed by atoms with Crippen molar-refractivity contribution in [3.05, 3.63) is 12.4 Å². The number of nitrogens with zero attached hydrogens (tertiary/aromatic N) is 3. The first-order valence-electron chi connectivity index (χ1n) is 7.90. The van der Waals surface area contributed by atoms with Gasteiger partial charge in [-0.25, -0.2) is 14.8 Å². The number of rotatable bonds is 7. The van der Waals surface area contributed by atoms with Gasteiger partial charge in [-0.3, -0.25) is 0 Å². The molecule has 2 aromatic rings. The van der Waals surface area contributed by atoms with Gasteiger partial charge in [-0.05, 0) is 6.07 Å². The quantitative estimate of drug-likeness (QED) is 0.774. The van der Waals surface area contributed by atoms with E-state index in [0.29, 0.717) is 54.8 Å². The van der Waals surface area contributed by atoms with Gasteiger partial charge >= 0.3 is 6.03 Å². The van der Waals surface area contributed by atoms with Crippen molar-refractivity contribution >= 4 is 22.8 Å². The molecule has 1 aromatic heterocycles. The van der Waals surface area contributed by atoms with Crippen LogP contribution in [0.1, 0.15) is 0 Å². The van der Waals surface area contributed by atoms with Crippen LogP contribution in [0.15, 0.2) is 12.4 Å². The van der Waals surface area contributed by atoms with Crippen molar-refractivity contribution in [2.45, 2.75) is 0 Å². The number of anilines is 1. The molecular formula is C16H21N5O4. The Labute approximate surface area is 145 Å². The van der Waals surface area contributed by atoms with Gasteiger partial charge in [0.1, 0.15) is 17.7 Å². The Hall–Kier alpha value is -2.97. The summed E-state index contributed by atoms with van der Waals surface area (Å²) in [6.07, 6.45) is 1.46. The number of benzene rings is 1. The van der Waals surface area contributed by atoms with Crippen molar-refractivity contribution in [2.75, 3.05) is 52.8 Å². The highest BCUT2D eigenvalue weighted by Gasteiger charge is 2.20. The van der Waals surface area contributed by atoms with Crippen molar-refractivity contribution in [3.63, 3.8) is 0 Å². The predicted octanol–water partition coefficient (Wildman–Crippen LogP) is 1.09. The highest BCUT2D eigenvalue weighted by atomic mass is 16.5. The van der Waals surface area contributed by atoms with Crippen LogP contribution in [0.3, 0.4) is 0 Å². The minimum absolute atomic E-state index is 0.0394. The number of ether oxygens (including phenoxy) is 3. The van der Waals surface area contributed by atoms with E-state index >= 15 is 0 Å². The standard InChI is InChI=1S/C16H21N5O4/c1-23-11-8-10-12(14(25-3)13(11)24-2)19-9-20-15(10)17-4-6-21-7-5-18-16(21)22/h8-9H,4-7H2,1-3H3,(H,18,22)(H,17,19,20). The molecule has 2 heterocycles. The lowest BCUT2D eigenvalue weighted by atomic mass is 10.2. The first-order chi connectivity index (χ1) is 12.2. The molecule has 25 heavy (non-hydrogen) atoms. The molecule has 1 aromatic carbocycles. The molecule has 0 unspecified atom stereocenters. The number of nitrogens with one attached hydrogen (secondary N) is 2. The zero-order chi connectivity index (χ0) is 17.8. The van der Waals surface area contributed by atoms with Gasteiger partial charge in [-0.1, -0.05) is 0 Å². The third kappa shape index (κ3) is 3.17. The second-order valence-corrected chi connectivity index (χ2v) is 5.41. The second kappa shape index (κ2) is 7.29. The van der Waals surface area contributed by atoms with E-state index in [1.165, 1.54) is 6.33 Å². The van der Waals surface area contributed by atoms with Crippen LogP contribution in [0.4, 0.5) is 10.6 Å². The molecule has 0 aliphatic carbocycles. The average Bonchev–Trinajstić information content (AvgIpc) is 3.05. The maximum atomic E-state index is 11.6. The Morgan fingerprint density at radius 2 is 2.00 bits per heavy atom. The molecule has 2 N–H and O–H groups in total. The summed E-state index contributed by atoms with van der Waals surface area (Å²) in [7, 11) is 4.66. The maximum absolute atomic E-state index is 11.6. The molecule has 9 heteroatoms. The second-order valence-electron chi connectivity index (χ2n) is 5.41. The first-order valence-corrected chi connectivity index (χ1v) is 7.90. The molecule has 0 radical (unpaired) electrons. The molecule has 134 valence electrons. The van der Waals surface area contributed by atoms with Crippen LogP contribution < -0.4 is 24.8 Å². The fourth-order valence-electron chi connectivity index (χ4n) is 2.84. The summed E-state index contributed by atoms with van der Waals surface area (Å²) in [5, 5.41) is 6.78. The van der Waals surface area contributed by atoms with Gasteiger partial charge in [0.25, 0.3) is 0 Å². The molecule has 9 nitrogen and oxygen atoms in total. The van der Waals surface area contributed by atoms with Gasteiger partial charge in [0.05, 0.1) is 26.7 Å². The van der Waals surface area contributed by atoms with Gasteiger partial charge in [0.2, 0.25) is 5.75 Å². The van der Waals surface area contributed by atoms with Gasteiger partial charge in [0.15, 0.2) is 11.5 Å². The van der Waals surface area contributed by atoms with Gasteiger partial charge in [-0.15, -0.1) is 0 Å². The molecule has 1 aliphatic heterocycles. The highest BCUT2D eigenvalue weighted by Crippen LogP contribution is 2.43. The molecule has 0 saturated carbocycles. The SMILES string of the molecule is COc1cc2c(NCCN3CCNC3=O)ncnc2c(OC)c1OC. The summed E-state index contributed by atoms with van der Waals surface area (Å²) < 4.78 is 16.2. The van der Waals surface area contributed by atoms with Gasteiger partial charge < -0.3 is 29.7 Å². The number of hydrogen-bond acceptors (Lipinski definition) is 7. The van der Waals surface area contributed by atoms with Crippen molar-refractivity contribution in [1.29, 1.82) is 0 Å². The van der Waals surface area contributed by atoms with E-state index in [1.54, 1.807) is 26.2 Å². The predicted molar refractivity (Wildman–Crippen MR) is 92.7 cm³/mol. The minimum atomic E-state index is -0.0394. The summed E-state index contributed by atoms with van der Waals surface area (Å²) in [5.41, 5.74) is 0.622. The lowest BCUT2D eigenvalue weighted by molar-refractivity contribution is 0.219. The third-order valence-electron chi connectivity index (χ3n) is 4.05. The van der Waals surface area contributed by atoms with Crippen molar-refractivity contribution in [1.82, 2.24) is 20.2 Å². The molecule has 0 spiro atoms. The Bertz CT molecular complexity index is 783. The molecule has 2 amide bonds. The number of carbonyl (C=O) groups excluding carboxylic acids is 1. The summed E-state index contributed by atoms with van der Waals surface area (Å²) in [4.78, 5) is 21.9. The number of aromatic nitrogens is 2. The molecule has 0 atom stereocenters. The van der Waals surface area contributed by atoms with E-state index in [2.05, 4.69) is 20.6 Å². The maximum Gasteiger partial charge on any atom is 0.317 e. The zero-order valence-corrected chi connectivity index (χ0v) is 14.5. The van der Waals surface area contributed by atoms with Crippen LogP contribution >= 0.6 is 0 Å². The summed E-state index contributed by atoms with van der Waals surface area (Å²) in [5.74, 6) is 2.14. The lowest BCUT2D eigenvalue weighted by Gasteiger charge is -2.17. The summed E-state index contributed by atoms with van der Waals surface area (Å²) in [6.45, 7) is 2.55. The van der Waals surface area contributed by atoms with Crippen LogP contribution in [0, 0.1) is 0 Å². The number of hydrogen-bond donors (Lipinski definition) is 2. The number of urea groups is 1. The number of carbonyl (C=O) groups is 1. The molecule has 1 saturated heterocycles. The van der Waals surface area contributed by atoms with Gasteiger partial charge in [0, 0.05) is 26.2 Å². The summed E-state index contributed by atoms with van der Waals surface area (Å²) in [6, 6.07) is 1.77. The number of amides is 2. The summed E-state index contributed by atoms with van der Waals surface area (Å²) >= 11 is 0.